The summed E-state index contributed by atoms with van der Waals surface area (Å²) in [6.07, 6.45) is 1.16. The molecule has 1 heterocycles. The Morgan fingerprint density at radius 2 is 1.96 bits per heavy atom. The van der Waals surface area contributed by atoms with Crippen molar-refractivity contribution in [2.45, 2.75) is 39.5 Å². The highest BCUT2D eigenvalue weighted by atomic mass is 35.5. The number of carbonyl (C=O) groups excluding carboxylic acids is 2. The summed E-state index contributed by atoms with van der Waals surface area (Å²) in [6.45, 7) is 6.45. The van der Waals surface area contributed by atoms with Crippen LogP contribution >= 0.6 is 11.6 Å². The number of Topliss-reactive ketones (excluding diaryl/α,β-unsaturated/α-hetero) is 1. The van der Waals surface area contributed by atoms with Crippen molar-refractivity contribution in [3.05, 3.63) is 57.4 Å². The van der Waals surface area contributed by atoms with Crippen LogP contribution in [0.25, 0.3) is 0 Å². The average Bonchev–Trinajstić information content (AvgIpc) is 2.60. The zero-order valence-corrected chi connectivity index (χ0v) is 17.5. The lowest BCUT2D eigenvalue weighted by molar-refractivity contribution is -0.140. The first-order valence-electron chi connectivity index (χ1n) is 9.39. The lowest BCUT2D eigenvalue weighted by Gasteiger charge is -2.39. The van der Waals surface area contributed by atoms with Gasteiger partial charge in [0.25, 0.3) is 0 Å². The number of ether oxygens (including phenoxy) is 2. The van der Waals surface area contributed by atoms with Gasteiger partial charge < -0.3 is 14.8 Å². The molecule has 1 aliphatic heterocycles. The van der Waals surface area contributed by atoms with Crippen LogP contribution in [0.1, 0.15) is 45.1 Å². The maximum Gasteiger partial charge on any atom is 0.336 e. The number of esters is 1. The number of benzene rings is 1. The molecule has 6 heteroatoms. The second kappa shape index (κ2) is 8.10. The summed E-state index contributed by atoms with van der Waals surface area (Å²) >= 11 is 6.49. The fraction of sp³-hybridized carbons (Fsp3) is 0.455. The van der Waals surface area contributed by atoms with Gasteiger partial charge in [0.1, 0.15) is 6.61 Å². The Balaban J connectivity index is 2.11. The summed E-state index contributed by atoms with van der Waals surface area (Å²) < 4.78 is 10.4. The number of hydrogen-bond acceptors (Lipinski definition) is 5. The van der Waals surface area contributed by atoms with Gasteiger partial charge >= 0.3 is 5.97 Å². The number of halogens is 1. The van der Waals surface area contributed by atoms with Gasteiger partial charge in [0, 0.05) is 41.4 Å². The molecular formula is C22H26ClNO4. The molecule has 0 saturated carbocycles. The number of ketones is 1. The second-order valence-electron chi connectivity index (χ2n) is 8.08. The Labute approximate surface area is 170 Å². The number of allylic oxidation sites excluding steroid dienone is 3. The van der Waals surface area contributed by atoms with Crippen LogP contribution < -0.4 is 5.32 Å². The third-order valence-electron chi connectivity index (χ3n) is 5.20. The van der Waals surface area contributed by atoms with Crippen LogP contribution in [0.3, 0.4) is 0 Å². The molecule has 0 aromatic heterocycles. The third-order valence-corrected chi connectivity index (χ3v) is 5.54. The van der Waals surface area contributed by atoms with Gasteiger partial charge in [-0.3, -0.25) is 4.79 Å². The van der Waals surface area contributed by atoms with E-state index in [-0.39, 0.29) is 17.8 Å². The van der Waals surface area contributed by atoms with Crippen LogP contribution in [0.4, 0.5) is 0 Å². The molecule has 0 unspecified atom stereocenters. The van der Waals surface area contributed by atoms with E-state index in [0.29, 0.717) is 34.9 Å². The zero-order valence-electron chi connectivity index (χ0n) is 16.7. The van der Waals surface area contributed by atoms with Crippen molar-refractivity contribution in [1.82, 2.24) is 5.32 Å². The van der Waals surface area contributed by atoms with Crippen molar-refractivity contribution in [2.24, 2.45) is 5.41 Å². The molecule has 1 atom stereocenters. The smallest absolute Gasteiger partial charge is 0.336 e. The van der Waals surface area contributed by atoms with E-state index in [9.17, 15) is 9.59 Å². The van der Waals surface area contributed by atoms with Gasteiger partial charge in [-0.1, -0.05) is 43.6 Å². The Bertz CT molecular complexity index is 869. The summed E-state index contributed by atoms with van der Waals surface area (Å²) in [5.41, 5.74) is 3.22. The van der Waals surface area contributed by atoms with E-state index in [1.165, 1.54) is 0 Å². The highest BCUT2D eigenvalue weighted by Crippen LogP contribution is 2.47. The monoisotopic (exact) mass is 403 g/mol. The molecule has 1 aliphatic carbocycles. The van der Waals surface area contributed by atoms with Crippen molar-refractivity contribution in [1.29, 1.82) is 0 Å². The molecule has 3 rings (SSSR count). The fourth-order valence-corrected chi connectivity index (χ4v) is 4.27. The highest BCUT2D eigenvalue weighted by Gasteiger charge is 2.43. The van der Waals surface area contributed by atoms with E-state index in [0.717, 1.165) is 17.7 Å². The van der Waals surface area contributed by atoms with Crippen LogP contribution in [0.2, 0.25) is 5.02 Å². The molecule has 1 aromatic carbocycles. The lowest BCUT2D eigenvalue weighted by Crippen LogP contribution is -2.38. The maximum atomic E-state index is 13.1. The maximum absolute atomic E-state index is 13.1. The van der Waals surface area contributed by atoms with Crippen LogP contribution in [0.15, 0.2) is 46.8 Å². The van der Waals surface area contributed by atoms with Gasteiger partial charge in [-0.05, 0) is 30.4 Å². The van der Waals surface area contributed by atoms with Crippen molar-refractivity contribution in [2.75, 3.05) is 20.3 Å². The SMILES string of the molecule is COCCOC(=O)C1=C(C)NC2=C(C(=O)CC(C)(C)C2)[C@H]1c1ccccc1Cl. The molecule has 1 N–H and O–H groups in total. The Kier molecular flexibility index (Phi) is 5.96. The molecule has 1 aromatic rings. The van der Waals surface area contributed by atoms with Crippen molar-refractivity contribution < 1.29 is 19.1 Å². The molecule has 0 saturated heterocycles. The van der Waals surface area contributed by atoms with Crippen molar-refractivity contribution in [3.8, 4) is 0 Å². The molecule has 5 nitrogen and oxygen atoms in total. The number of methoxy groups -OCH3 is 1. The normalized spacial score (nSPS) is 21.3. The van der Waals surface area contributed by atoms with Gasteiger partial charge in [-0.15, -0.1) is 0 Å². The average molecular weight is 404 g/mol. The Hall–Kier alpha value is -2.11. The summed E-state index contributed by atoms with van der Waals surface area (Å²) in [5.74, 6) is -0.960. The molecule has 28 heavy (non-hydrogen) atoms. The van der Waals surface area contributed by atoms with Gasteiger partial charge in [-0.2, -0.15) is 0 Å². The first-order chi connectivity index (χ1) is 13.2. The Morgan fingerprint density at radius 1 is 1.25 bits per heavy atom. The molecule has 0 spiro atoms. The van der Waals surface area contributed by atoms with Gasteiger partial charge in [0.2, 0.25) is 0 Å². The lowest BCUT2D eigenvalue weighted by atomic mass is 9.68. The largest absolute Gasteiger partial charge is 0.460 e. The van der Waals surface area contributed by atoms with Crippen molar-refractivity contribution in [3.63, 3.8) is 0 Å². The fourth-order valence-electron chi connectivity index (χ4n) is 4.02. The van der Waals surface area contributed by atoms with E-state index < -0.39 is 11.9 Å². The van der Waals surface area contributed by atoms with E-state index in [4.69, 9.17) is 21.1 Å². The van der Waals surface area contributed by atoms with Crippen molar-refractivity contribution >= 4 is 23.4 Å². The number of hydrogen-bond donors (Lipinski definition) is 1. The molecule has 0 fully saturated rings. The molecular weight excluding hydrogens is 378 g/mol. The summed E-state index contributed by atoms with van der Waals surface area (Å²) in [5, 5.41) is 3.83. The minimum absolute atomic E-state index is 0.0401. The topological polar surface area (TPSA) is 64.6 Å². The minimum Gasteiger partial charge on any atom is -0.460 e. The predicted octanol–water partition coefficient (Wildman–Crippen LogP) is 4.13. The molecule has 0 amide bonds. The molecule has 2 aliphatic rings. The number of dihydropyridines is 1. The van der Waals surface area contributed by atoms with Crippen LogP contribution in [-0.2, 0) is 19.1 Å². The predicted molar refractivity (Wildman–Crippen MR) is 108 cm³/mol. The van der Waals surface area contributed by atoms with Gasteiger partial charge in [0.15, 0.2) is 5.78 Å². The molecule has 0 radical (unpaired) electrons. The number of rotatable bonds is 5. The van der Waals surface area contributed by atoms with Gasteiger partial charge in [-0.25, -0.2) is 4.79 Å². The zero-order chi connectivity index (χ0) is 20.5. The van der Waals surface area contributed by atoms with Crippen LogP contribution in [0.5, 0.6) is 0 Å². The van der Waals surface area contributed by atoms with E-state index >= 15 is 0 Å². The summed E-state index contributed by atoms with van der Waals surface area (Å²) in [7, 11) is 1.55. The standard InChI is InChI=1S/C22H26ClNO4/c1-13-18(21(26)28-10-9-27-4)19(14-7-5-6-8-15(14)23)20-16(24-13)11-22(2,3)12-17(20)25/h5-8,19,24H,9-12H2,1-4H3/t19-/m0/s1. The van der Waals surface area contributed by atoms with Crippen LogP contribution in [0, 0.1) is 5.41 Å². The second-order valence-corrected chi connectivity index (χ2v) is 8.49. The summed E-state index contributed by atoms with van der Waals surface area (Å²) in [6, 6.07) is 7.34. The third kappa shape index (κ3) is 4.01. The van der Waals surface area contributed by atoms with Crippen LogP contribution in [-0.4, -0.2) is 32.1 Å². The van der Waals surface area contributed by atoms with E-state index in [1.54, 1.807) is 13.2 Å². The van der Waals surface area contributed by atoms with E-state index in [2.05, 4.69) is 19.2 Å². The first kappa shape index (κ1) is 20.6. The number of nitrogens with one attached hydrogen (secondary N) is 1. The van der Waals surface area contributed by atoms with Gasteiger partial charge in [0.05, 0.1) is 12.2 Å². The van der Waals surface area contributed by atoms with E-state index in [1.807, 2.05) is 25.1 Å². The first-order valence-corrected chi connectivity index (χ1v) is 9.77. The highest BCUT2D eigenvalue weighted by molar-refractivity contribution is 6.31. The molecule has 0 bridgehead atoms. The minimum atomic E-state index is -0.538. The number of carbonyl (C=O) groups is 2. The quantitative estimate of drug-likeness (QED) is 0.591. The summed E-state index contributed by atoms with van der Waals surface area (Å²) in [4.78, 5) is 26.1. The Morgan fingerprint density at radius 3 is 2.64 bits per heavy atom. The molecule has 150 valence electrons.